The van der Waals surface area contributed by atoms with E-state index in [4.69, 9.17) is 4.74 Å². The molecule has 4 heterocycles. The van der Waals surface area contributed by atoms with Crippen LogP contribution in [0.2, 0.25) is 0 Å². The van der Waals surface area contributed by atoms with Crippen LogP contribution in [0.1, 0.15) is 23.4 Å². The van der Waals surface area contributed by atoms with Gasteiger partial charge in [-0.2, -0.15) is 5.10 Å². The van der Waals surface area contributed by atoms with Crippen LogP contribution in [0, 0.1) is 6.92 Å². The third-order valence-electron chi connectivity index (χ3n) is 3.58. The van der Waals surface area contributed by atoms with E-state index in [2.05, 4.69) is 35.7 Å². The lowest BCUT2D eigenvalue weighted by Gasteiger charge is -2.30. The lowest BCUT2D eigenvalue weighted by molar-refractivity contribution is -0.0373. The normalized spacial score (nSPS) is 20.3. The first-order valence-corrected chi connectivity index (χ1v) is 7.80. The smallest absolute Gasteiger partial charge is 0.193 e. The van der Waals surface area contributed by atoms with Gasteiger partial charge in [-0.25, -0.2) is 9.97 Å². The summed E-state index contributed by atoms with van der Waals surface area (Å²) in [6, 6.07) is 0. The number of imidazole rings is 1. The first kappa shape index (κ1) is 12.9. The molecular formula is C13H16N6OS. The highest BCUT2D eigenvalue weighted by Gasteiger charge is 2.25. The maximum absolute atomic E-state index is 5.78. The summed E-state index contributed by atoms with van der Waals surface area (Å²) >= 11 is 1.65. The monoisotopic (exact) mass is 304 g/mol. The Hall–Kier alpha value is -1.77. The van der Waals surface area contributed by atoms with E-state index in [1.807, 2.05) is 18.5 Å². The Morgan fingerprint density at radius 2 is 2.43 bits per heavy atom. The first-order valence-electron chi connectivity index (χ1n) is 6.92. The third kappa shape index (κ3) is 2.57. The highest BCUT2D eigenvalue weighted by atomic mass is 32.1. The van der Waals surface area contributed by atoms with Gasteiger partial charge in [0.2, 0.25) is 0 Å². The van der Waals surface area contributed by atoms with Crippen LogP contribution >= 0.6 is 11.3 Å². The average molecular weight is 304 g/mol. The molecule has 0 spiro atoms. The summed E-state index contributed by atoms with van der Waals surface area (Å²) in [5.41, 5.74) is 1.09. The highest BCUT2D eigenvalue weighted by Crippen LogP contribution is 2.21. The first-order chi connectivity index (χ1) is 10.3. The summed E-state index contributed by atoms with van der Waals surface area (Å²) in [5.74, 6) is 1.56. The Kier molecular flexibility index (Phi) is 3.21. The van der Waals surface area contributed by atoms with E-state index in [0.29, 0.717) is 6.61 Å². The summed E-state index contributed by atoms with van der Waals surface area (Å²) < 4.78 is 7.85. The highest BCUT2D eigenvalue weighted by molar-refractivity contribution is 7.15. The molecule has 110 valence electrons. The summed E-state index contributed by atoms with van der Waals surface area (Å²) in [6.45, 7) is 5.13. The van der Waals surface area contributed by atoms with Gasteiger partial charge in [-0.3, -0.25) is 14.4 Å². The molecule has 1 saturated heterocycles. The average Bonchev–Trinajstić information content (AvgIpc) is 3.15. The Balaban J connectivity index is 1.46. The van der Waals surface area contributed by atoms with Crippen LogP contribution in [-0.4, -0.2) is 49.2 Å². The molecular weight excluding hydrogens is 288 g/mol. The number of nitrogens with zero attached hydrogens (tertiary/aromatic N) is 5. The molecule has 0 amide bonds. The maximum atomic E-state index is 5.78. The van der Waals surface area contributed by atoms with E-state index in [-0.39, 0.29) is 6.10 Å². The van der Waals surface area contributed by atoms with Crippen molar-refractivity contribution in [3.8, 4) is 0 Å². The van der Waals surface area contributed by atoms with Crippen LogP contribution in [0.15, 0.2) is 17.8 Å². The van der Waals surface area contributed by atoms with Gasteiger partial charge in [0.25, 0.3) is 0 Å². The zero-order valence-electron chi connectivity index (χ0n) is 11.7. The summed E-state index contributed by atoms with van der Waals surface area (Å²) in [7, 11) is 0. The zero-order chi connectivity index (χ0) is 14.2. The molecule has 3 aromatic heterocycles. The number of H-pyrrole nitrogens is 1. The summed E-state index contributed by atoms with van der Waals surface area (Å²) in [4.78, 5) is 12.4. The van der Waals surface area contributed by atoms with Crippen molar-refractivity contribution >= 4 is 16.3 Å². The number of fused-ring (bicyclic) bond motifs is 1. The quantitative estimate of drug-likeness (QED) is 0.792. The van der Waals surface area contributed by atoms with Crippen molar-refractivity contribution in [1.82, 2.24) is 29.5 Å². The number of aromatic nitrogens is 5. The number of ether oxygens (including phenoxy) is 1. The number of hydrogen-bond acceptors (Lipinski definition) is 6. The largest absolute Gasteiger partial charge is 0.367 e. The molecule has 4 rings (SSSR count). The van der Waals surface area contributed by atoms with Crippen molar-refractivity contribution < 1.29 is 4.74 Å². The standard InChI is InChI=1S/C13H16N6OS/c1-9-14-12(17-16-9)11-8-18(2-4-20-11)6-10-7-19-3-5-21-13(19)15-10/h3,5,7,11H,2,4,6,8H2,1H3,(H,14,16,17)/t11-/m1/s1. The fraction of sp³-hybridized carbons (Fsp3) is 0.462. The van der Waals surface area contributed by atoms with Crippen molar-refractivity contribution in [3.05, 3.63) is 35.1 Å². The fourth-order valence-electron chi connectivity index (χ4n) is 2.59. The van der Waals surface area contributed by atoms with Crippen molar-refractivity contribution in [1.29, 1.82) is 0 Å². The van der Waals surface area contributed by atoms with Gasteiger partial charge in [0, 0.05) is 37.4 Å². The Labute approximate surface area is 125 Å². The number of rotatable bonds is 3. The molecule has 0 saturated carbocycles. The van der Waals surface area contributed by atoms with Crippen LogP contribution in [-0.2, 0) is 11.3 Å². The van der Waals surface area contributed by atoms with E-state index >= 15 is 0 Å². The van der Waals surface area contributed by atoms with Crippen LogP contribution < -0.4 is 0 Å². The van der Waals surface area contributed by atoms with Crippen molar-refractivity contribution in [2.75, 3.05) is 19.7 Å². The van der Waals surface area contributed by atoms with Gasteiger partial charge in [0.1, 0.15) is 11.9 Å². The predicted octanol–water partition coefficient (Wildman–Crippen LogP) is 1.40. The number of morpholine rings is 1. The van der Waals surface area contributed by atoms with Gasteiger partial charge in [-0.1, -0.05) is 0 Å². The van der Waals surface area contributed by atoms with Gasteiger partial charge in [-0.15, -0.1) is 11.3 Å². The van der Waals surface area contributed by atoms with Crippen LogP contribution in [0.4, 0.5) is 0 Å². The zero-order valence-corrected chi connectivity index (χ0v) is 12.5. The summed E-state index contributed by atoms with van der Waals surface area (Å²) in [6.07, 6.45) is 4.06. The maximum Gasteiger partial charge on any atom is 0.193 e. The Bertz CT molecular complexity index is 718. The number of thiazole rings is 1. The molecule has 3 aromatic rings. The van der Waals surface area contributed by atoms with Crippen molar-refractivity contribution in [3.63, 3.8) is 0 Å². The fourth-order valence-corrected chi connectivity index (χ4v) is 3.31. The summed E-state index contributed by atoms with van der Waals surface area (Å²) in [5, 5.41) is 9.12. The second-order valence-electron chi connectivity index (χ2n) is 5.20. The third-order valence-corrected chi connectivity index (χ3v) is 4.35. The lowest BCUT2D eigenvalue weighted by atomic mass is 10.2. The second-order valence-corrected chi connectivity index (χ2v) is 6.07. The van der Waals surface area contributed by atoms with E-state index in [1.54, 1.807) is 11.3 Å². The van der Waals surface area contributed by atoms with Gasteiger partial charge in [-0.05, 0) is 6.92 Å². The van der Waals surface area contributed by atoms with Gasteiger partial charge in [0.15, 0.2) is 10.8 Å². The van der Waals surface area contributed by atoms with E-state index in [1.165, 1.54) is 0 Å². The van der Waals surface area contributed by atoms with Crippen molar-refractivity contribution in [2.45, 2.75) is 19.6 Å². The molecule has 0 aromatic carbocycles. The van der Waals surface area contributed by atoms with Crippen LogP contribution in [0.25, 0.3) is 4.96 Å². The molecule has 0 bridgehead atoms. The molecule has 21 heavy (non-hydrogen) atoms. The Morgan fingerprint density at radius 3 is 3.24 bits per heavy atom. The minimum Gasteiger partial charge on any atom is -0.367 e. The molecule has 0 aliphatic carbocycles. The van der Waals surface area contributed by atoms with E-state index < -0.39 is 0 Å². The van der Waals surface area contributed by atoms with Gasteiger partial charge >= 0.3 is 0 Å². The second kappa shape index (κ2) is 5.21. The minimum atomic E-state index is -0.0626. The molecule has 0 radical (unpaired) electrons. The van der Waals surface area contributed by atoms with E-state index in [9.17, 15) is 0 Å². The molecule has 1 aliphatic rings. The molecule has 1 aliphatic heterocycles. The van der Waals surface area contributed by atoms with Crippen LogP contribution in [0.3, 0.4) is 0 Å². The molecule has 7 nitrogen and oxygen atoms in total. The van der Waals surface area contributed by atoms with Crippen LogP contribution in [0.5, 0.6) is 0 Å². The topological polar surface area (TPSA) is 71.3 Å². The number of aromatic amines is 1. The molecule has 1 atom stereocenters. The molecule has 8 heteroatoms. The van der Waals surface area contributed by atoms with Gasteiger partial charge in [0.05, 0.1) is 12.3 Å². The number of nitrogens with one attached hydrogen (secondary N) is 1. The Morgan fingerprint density at radius 1 is 1.48 bits per heavy atom. The number of aryl methyl sites for hydroxylation is 1. The SMILES string of the molecule is Cc1nc([C@H]2CN(Cc3cn4ccsc4n3)CCO2)n[nH]1. The lowest BCUT2D eigenvalue weighted by Crippen LogP contribution is -2.38. The molecule has 0 unspecified atom stereocenters. The van der Waals surface area contributed by atoms with Crippen molar-refractivity contribution in [2.24, 2.45) is 0 Å². The van der Waals surface area contributed by atoms with Gasteiger partial charge < -0.3 is 4.74 Å². The predicted molar refractivity (Wildman–Crippen MR) is 78.2 cm³/mol. The molecule has 1 N–H and O–H groups in total. The molecule has 1 fully saturated rings. The van der Waals surface area contributed by atoms with E-state index in [0.717, 1.165) is 41.9 Å². The minimum absolute atomic E-state index is 0.0626. The number of hydrogen-bond donors (Lipinski definition) is 1.